The summed E-state index contributed by atoms with van der Waals surface area (Å²) < 4.78 is 29.7. The van der Waals surface area contributed by atoms with Gasteiger partial charge in [-0.25, -0.2) is 18.3 Å². The van der Waals surface area contributed by atoms with Crippen LogP contribution in [0.1, 0.15) is 40.4 Å². The molecule has 0 unspecified atom stereocenters. The summed E-state index contributed by atoms with van der Waals surface area (Å²) in [5.74, 6) is -3.39. The van der Waals surface area contributed by atoms with Crippen molar-refractivity contribution in [3.8, 4) is 11.3 Å². The quantitative estimate of drug-likeness (QED) is 0.749. The minimum Gasteiger partial charge on any atom is -0.341 e. The molecule has 3 heterocycles. The standard InChI is InChI=1S/C18H18F2N4OS/c1-11-15(12-10-21-24-9-5-3-6-13(12)24)23-17(26-11)16(25)22-14-7-2-4-8-18(14,19)20/h3,5-6,9-10,14H,2,4,7-8H2,1H3,(H,22,25)/t14-/m1/s1. The second kappa shape index (κ2) is 6.42. The van der Waals surface area contributed by atoms with Crippen molar-refractivity contribution in [2.75, 3.05) is 0 Å². The Balaban J connectivity index is 1.61. The molecule has 4 rings (SSSR count). The Hall–Kier alpha value is -2.35. The Morgan fingerprint density at radius 3 is 3.04 bits per heavy atom. The van der Waals surface area contributed by atoms with Gasteiger partial charge < -0.3 is 5.32 Å². The van der Waals surface area contributed by atoms with Crippen molar-refractivity contribution in [3.63, 3.8) is 0 Å². The van der Waals surface area contributed by atoms with Gasteiger partial charge in [-0.3, -0.25) is 4.79 Å². The average molecular weight is 376 g/mol. The van der Waals surface area contributed by atoms with Crippen molar-refractivity contribution in [2.45, 2.75) is 44.6 Å². The first-order chi connectivity index (χ1) is 12.5. The monoisotopic (exact) mass is 376 g/mol. The van der Waals surface area contributed by atoms with Gasteiger partial charge in [-0.15, -0.1) is 11.3 Å². The molecule has 1 saturated carbocycles. The molecule has 1 fully saturated rings. The van der Waals surface area contributed by atoms with Gasteiger partial charge in [0.15, 0.2) is 5.01 Å². The van der Waals surface area contributed by atoms with Crippen LogP contribution in [0.2, 0.25) is 0 Å². The number of aromatic nitrogens is 3. The van der Waals surface area contributed by atoms with E-state index in [0.29, 0.717) is 25.0 Å². The van der Waals surface area contributed by atoms with Crippen LogP contribution in [0.4, 0.5) is 8.78 Å². The first-order valence-electron chi connectivity index (χ1n) is 8.54. The van der Waals surface area contributed by atoms with E-state index in [1.807, 2.05) is 31.3 Å². The fourth-order valence-electron chi connectivity index (χ4n) is 3.35. The van der Waals surface area contributed by atoms with Gasteiger partial charge in [0, 0.05) is 23.1 Å². The fourth-order valence-corrected chi connectivity index (χ4v) is 4.18. The molecule has 5 nitrogen and oxygen atoms in total. The highest BCUT2D eigenvalue weighted by molar-refractivity contribution is 7.14. The normalized spacial score (nSPS) is 19.6. The van der Waals surface area contributed by atoms with E-state index < -0.39 is 17.9 Å². The number of thiazole rings is 1. The SMILES string of the molecule is Cc1sc(C(=O)N[C@@H]2CCCCC2(F)F)nc1-c1cnn2ccccc12. The Kier molecular flexibility index (Phi) is 4.22. The number of hydrogen-bond donors (Lipinski definition) is 1. The van der Waals surface area contributed by atoms with Crippen LogP contribution in [-0.2, 0) is 0 Å². The van der Waals surface area contributed by atoms with E-state index in [2.05, 4.69) is 15.4 Å². The molecule has 1 atom stereocenters. The van der Waals surface area contributed by atoms with Gasteiger partial charge in [-0.05, 0) is 31.9 Å². The molecule has 0 spiro atoms. The van der Waals surface area contributed by atoms with Crippen LogP contribution in [0.15, 0.2) is 30.6 Å². The van der Waals surface area contributed by atoms with Crippen LogP contribution in [0.3, 0.4) is 0 Å². The van der Waals surface area contributed by atoms with Gasteiger partial charge >= 0.3 is 0 Å². The Morgan fingerprint density at radius 2 is 2.23 bits per heavy atom. The molecule has 1 N–H and O–H groups in total. The summed E-state index contributed by atoms with van der Waals surface area (Å²) in [6, 6.07) is 4.58. The lowest BCUT2D eigenvalue weighted by Crippen LogP contribution is -2.49. The summed E-state index contributed by atoms with van der Waals surface area (Å²) in [6.07, 6.45) is 4.85. The first-order valence-corrected chi connectivity index (χ1v) is 9.36. The number of carbonyl (C=O) groups excluding carboxylic acids is 1. The van der Waals surface area contributed by atoms with Crippen LogP contribution in [0.5, 0.6) is 0 Å². The minimum atomic E-state index is -2.86. The molecule has 8 heteroatoms. The third-order valence-corrected chi connectivity index (χ3v) is 5.71. The van der Waals surface area contributed by atoms with E-state index in [9.17, 15) is 13.6 Å². The predicted octanol–water partition coefficient (Wildman–Crippen LogP) is 4.07. The number of nitrogens with zero attached hydrogens (tertiary/aromatic N) is 3. The van der Waals surface area contributed by atoms with Gasteiger partial charge in [0.05, 0.1) is 23.4 Å². The summed E-state index contributed by atoms with van der Waals surface area (Å²) in [4.78, 5) is 17.8. The molecule has 0 aromatic carbocycles. The largest absolute Gasteiger partial charge is 0.341 e. The molecule has 136 valence electrons. The van der Waals surface area contributed by atoms with Gasteiger partial charge in [0.25, 0.3) is 11.8 Å². The number of halogens is 2. The number of hydrogen-bond acceptors (Lipinski definition) is 4. The molecule has 0 bridgehead atoms. The Labute approximate surface area is 153 Å². The lowest BCUT2D eigenvalue weighted by atomic mass is 9.91. The van der Waals surface area contributed by atoms with E-state index in [1.165, 1.54) is 11.3 Å². The number of alkyl halides is 2. The van der Waals surface area contributed by atoms with Crippen LogP contribution in [-0.4, -0.2) is 32.5 Å². The number of pyridine rings is 1. The number of fused-ring (bicyclic) bond motifs is 1. The molecule has 3 aromatic heterocycles. The Morgan fingerprint density at radius 1 is 1.38 bits per heavy atom. The molecule has 0 radical (unpaired) electrons. The van der Waals surface area contributed by atoms with E-state index in [-0.39, 0.29) is 11.4 Å². The van der Waals surface area contributed by atoms with E-state index >= 15 is 0 Å². The average Bonchev–Trinajstić information content (AvgIpc) is 3.20. The van der Waals surface area contributed by atoms with Gasteiger partial charge in [-0.1, -0.05) is 12.5 Å². The summed E-state index contributed by atoms with van der Waals surface area (Å²) in [6.45, 7) is 1.87. The summed E-state index contributed by atoms with van der Waals surface area (Å²) >= 11 is 1.21. The predicted molar refractivity (Wildman–Crippen MR) is 95.7 cm³/mol. The van der Waals surface area contributed by atoms with Gasteiger partial charge in [-0.2, -0.15) is 5.10 Å². The highest BCUT2D eigenvalue weighted by atomic mass is 32.1. The summed E-state index contributed by atoms with van der Waals surface area (Å²) in [5, 5.41) is 6.97. The number of amides is 1. The molecule has 26 heavy (non-hydrogen) atoms. The van der Waals surface area contributed by atoms with Crippen LogP contribution in [0, 0.1) is 6.92 Å². The number of nitrogens with one attached hydrogen (secondary N) is 1. The lowest BCUT2D eigenvalue weighted by molar-refractivity contribution is -0.0609. The van der Waals surface area contributed by atoms with Crippen molar-refractivity contribution in [3.05, 3.63) is 40.5 Å². The second-order valence-electron chi connectivity index (χ2n) is 6.55. The van der Waals surface area contributed by atoms with Crippen molar-refractivity contribution in [2.24, 2.45) is 0 Å². The topological polar surface area (TPSA) is 59.3 Å². The molecule has 1 aliphatic carbocycles. The van der Waals surface area contributed by atoms with E-state index in [1.54, 1.807) is 10.7 Å². The molecule has 1 amide bonds. The molecular weight excluding hydrogens is 358 g/mol. The third kappa shape index (κ3) is 2.98. The van der Waals surface area contributed by atoms with Crippen molar-refractivity contribution >= 4 is 22.8 Å². The van der Waals surface area contributed by atoms with Gasteiger partial charge in [0.1, 0.15) is 0 Å². The van der Waals surface area contributed by atoms with Crippen molar-refractivity contribution in [1.82, 2.24) is 19.9 Å². The summed E-state index contributed by atoms with van der Waals surface area (Å²) in [7, 11) is 0. The third-order valence-electron chi connectivity index (χ3n) is 4.74. The Bertz CT molecular complexity index is 965. The van der Waals surface area contributed by atoms with E-state index in [4.69, 9.17) is 0 Å². The maximum absolute atomic E-state index is 14.0. The zero-order valence-corrected chi connectivity index (χ0v) is 15.0. The zero-order chi connectivity index (χ0) is 18.3. The number of rotatable bonds is 3. The number of carbonyl (C=O) groups is 1. The first kappa shape index (κ1) is 17.1. The molecule has 1 aliphatic rings. The summed E-state index contributed by atoms with van der Waals surface area (Å²) in [5.41, 5.74) is 2.37. The van der Waals surface area contributed by atoms with Gasteiger partial charge in [0.2, 0.25) is 0 Å². The smallest absolute Gasteiger partial charge is 0.280 e. The fraction of sp³-hybridized carbons (Fsp3) is 0.389. The van der Waals surface area contributed by atoms with Crippen LogP contribution >= 0.6 is 11.3 Å². The highest BCUT2D eigenvalue weighted by Crippen LogP contribution is 2.34. The van der Waals surface area contributed by atoms with Crippen LogP contribution in [0.25, 0.3) is 16.8 Å². The maximum Gasteiger partial charge on any atom is 0.280 e. The van der Waals surface area contributed by atoms with E-state index in [0.717, 1.165) is 16.0 Å². The zero-order valence-electron chi connectivity index (χ0n) is 14.2. The lowest BCUT2D eigenvalue weighted by Gasteiger charge is -2.31. The molecule has 0 aliphatic heterocycles. The second-order valence-corrected chi connectivity index (χ2v) is 7.75. The highest BCUT2D eigenvalue weighted by Gasteiger charge is 2.42. The van der Waals surface area contributed by atoms with Crippen molar-refractivity contribution in [1.29, 1.82) is 0 Å². The van der Waals surface area contributed by atoms with Crippen molar-refractivity contribution < 1.29 is 13.6 Å². The van der Waals surface area contributed by atoms with Crippen LogP contribution < -0.4 is 5.32 Å². The maximum atomic E-state index is 14.0. The minimum absolute atomic E-state index is 0.178. The number of aryl methyl sites for hydroxylation is 1. The molecular formula is C18H18F2N4OS. The molecule has 0 saturated heterocycles. The molecule has 3 aromatic rings.